The second-order valence-electron chi connectivity index (χ2n) is 8.31. The summed E-state index contributed by atoms with van der Waals surface area (Å²) in [4.78, 5) is 42.6. The smallest absolute Gasteiger partial charge is 0.287 e. The molecule has 4 rings (SSSR count). The van der Waals surface area contributed by atoms with Gasteiger partial charge in [-0.1, -0.05) is 32.0 Å². The number of fused-ring (bicyclic) bond motifs is 1. The third-order valence-electron chi connectivity index (χ3n) is 5.26. The number of Topliss-reactive ketones (excluding diaryl/α,β-unsaturated/α-hetero) is 1. The summed E-state index contributed by atoms with van der Waals surface area (Å²) >= 11 is 1.24. The standard InChI is InChI=1S/C24H25N7O3S/c1-14(2)20-21(28-23(33)19-17-8-4-5-9-18(17)35-30-19)27-22(31(20)13-15(3)32)24(34)25-12-10-16-7-6-11-26-29-16/h4-9,11,14H,10,12-13H2,1-3H3,(H,25,34)(H,28,33). The zero-order valence-corrected chi connectivity index (χ0v) is 20.4. The van der Waals surface area contributed by atoms with Crippen molar-refractivity contribution in [1.82, 2.24) is 29.4 Å². The molecule has 2 N–H and O–H groups in total. The van der Waals surface area contributed by atoms with Crippen LogP contribution in [0.25, 0.3) is 10.1 Å². The van der Waals surface area contributed by atoms with Gasteiger partial charge in [0.05, 0.1) is 22.6 Å². The molecule has 3 heterocycles. The van der Waals surface area contributed by atoms with Gasteiger partial charge in [-0.2, -0.15) is 14.6 Å². The number of rotatable bonds is 9. The van der Waals surface area contributed by atoms with Gasteiger partial charge in [0.1, 0.15) is 11.5 Å². The Labute approximate surface area is 206 Å². The molecule has 0 saturated heterocycles. The third-order valence-corrected chi connectivity index (χ3v) is 6.08. The van der Waals surface area contributed by atoms with Gasteiger partial charge in [0.2, 0.25) is 5.82 Å². The van der Waals surface area contributed by atoms with Crippen LogP contribution < -0.4 is 10.6 Å². The molecule has 0 bridgehead atoms. The lowest BCUT2D eigenvalue weighted by Gasteiger charge is -2.14. The van der Waals surface area contributed by atoms with Crippen LogP contribution in [0.15, 0.2) is 42.6 Å². The lowest BCUT2D eigenvalue weighted by molar-refractivity contribution is -0.117. The number of hydrogen-bond acceptors (Lipinski definition) is 8. The van der Waals surface area contributed by atoms with Crippen LogP contribution in [0.1, 0.15) is 59.2 Å². The Morgan fingerprint density at radius 2 is 1.89 bits per heavy atom. The van der Waals surface area contributed by atoms with Crippen molar-refractivity contribution in [3.05, 3.63) is 65.5 Å². The molecule has 4 aromatic rings. The molecule has 35 heavy (non-hydrogen) atoms. The van der Waals surface area contributed by atoms with Crippen LogP contribution >= 0.6 is 11.5 Å². The number of imidazole rings is 1. The van der Waals surface area contributed by atoms with Gasteiger partial charge >= 0.3 is 0 Å². The summed E-state index contributed by atoms with van der Waals surface area (Å²) in [6.45, 7) is 5.55. The highest BCUT2D eigenvalue weighted by molar-refractivity contribution is 7.13. The van der Waals surface area contributed by atoms with E-state index in [0.29, 0.717) is 18.7 Å². The minimum absolute atomic E-state index is 0.0388. The van der Waals surface area contributed by atoms with Crippen LogP contribution in [0, 0.1) is 0 Å². The average Bonchev–Trinajstić information content (AvgIpc) is 3.41. The van der Waals surface area contributed by atoms with Gasteiger partial charge in [-0.15, -0.1) is 0 Å². The first-order valence-electron chi connectivity index (χ1n) is 11.2. The molecule has 0 spiro atoms. The Balaban J connectivity index is 1.62. The van der Waals surface area contributed by atoms with Gasteiger partial charge in [0.15, 0.2) is 5.82 Å². The highest BCUT2D eigenvalue weighted by atomic mass is 32.1. The van der Waals surface area contributed by atoms with E-state index in [2.05, 4.69) is 30.2 Å². The lowest BCUT2D eigenvalue weighted by Crippen LogP contribution is -2.30. The highest BCUT2D eigenvalue weighted by Gasteiger charge is 2.27. The number of carbonyl (C=O) groups excluding carboxylic acids is 3. The number of amides is 2. The van der Waals surface area contributed by atoms with Crippen molar-refractivity contribution < 1.29 is 14.4 Å². The van der Waals surface area contributed by atoms with Crippen LogP contribution in [0.2, 0.25) is 0 Å². The monoisotopic (exact) mass is 491 g/mol. The van der Waals surface area contributed by atoms with Crippen LogP contribution in [0.4, 0.5) is 5.82 Å². The van der Waals surface area contributed by atoms with Crippen molar-refractivity contribution in [2.24, 2.45) is 0 Å². The van der Waals surface area contributed by atoms with Gasteiger partial charge in [0, 0.05) is 24.5 Å². The summed E-state index contributed by atoms with van der Waals surface area (Å²) in [5, 5.41) is 14.2. The van der Waals surface area contributed by atoms with Gasteiger partial charge in [0.25, 0.3) is 11.8 Å². The molecule has 0 saturated carbocycles. The zero-order chi connectivity index (χ0) is 24.9. The van der Waals surface area contributed by atoms with Crippen molar-refractivity contribution in [1.29, 1.82) is 0 Å². The SMILES string of the molecule is CC(=O)Cn1c(C(=O)NCCc2cccnn2)nc(NC(=O)c2nsc3ccccc23)c1C(C)C. The topological polar surface area (TPSA) is 132 Å². The van der Waals surface area contributed by atoms with E-state index in [1.165, 1.54) is 18.5 Å². The summed E-state index contributed by atoms with van der Waals surface area (Å²) in [5.41, 5.74) is 1.62. The average molecular weight is 492 g/mol. The van der Waals surface area contributed by atoms with Crippen molar-refractivity contribution >= 4 is 45.0 Å². The maximum atomic E-state index is 13.1. The lowest BCUT2D eigenvalue weighted by atomic mass is 10.1. The van der Waals surface area contributed by atoms with Crippen molar-refractivity contribution in [2.75, 3.05) is 11.9 Å². The van der Waals surface area contributed by atoms with Crippen LogP contribution in [0.5, 0.6) is 0 Å². The molecule has 180 valence electrons. The first-order chi connectivity index (χ1) is 16.8. The summed E-state index contributed by atoms with van der Waals surface area (Å²) in [6, 6.07) is 11.1. The number of nitrogens with zero attached hydrogens (tertiary/aromatic N) is 5. The molecule has 11 heteroatoms. The van der Waals surface area contributed by atoms with E-state index in [1.54, 1.807) is 16.8 Å². The number of ketones is 1. The predicted molar refractivity (Wildman–Crippen MR) is 133 cm³/mol. The number of anilines is 1. The summed E-state index contributed by atoms with van der Waals surface area (Å²) in [7, 11) is 0. The van der Waals surface area contributed by atoms with Crippen LogP contribution in [-0.2, 0) is 17.8 Å². The largest absolute Gasteiger partial charge is 0.349 e. The number of aromatic nitrogens is 5. The Morgan fingerprint density at radius 3 is 2.60 bits per heavy atom. The van der Waals surface area contributed by atoms with E-state index < -0.39 is 11.8 Å². The fourth-order valence-corrected chi connectivity index (χ4v) is 4.54. The van der Waals surface area contributed by atoms with Crippen molar-refractivity contribution in [3.63, 3.8) is 0 Å². The molecule has 0 aliphatic rings. The first-order valence-corrected chi connectivity index (χ1v) is 11.9. The van der Waals surface area contributed by atoms with Crippen LogP contribution in [0.3, 0.4) is 0 Å². The van der Waals surface area contributed by atoms with E-state index in [9.17, 15) is 14.4 Å². The molecule has 0 radical (unpaired) electrons. The molecule has 0 fully saturated rings. The highest BCUT2D eigenvalue weighted by Crippen LogP contribution is 2.28. The molecular weight excluding hydrogens is 466 g/mol. The molecule has 10 nitrogen and oxygen atoms in total. The molecule has 1 aromatic carbocycles. The second-order valence-corrected chi connectivity index (χ2v) is 9.12. The van der Waals surface area contributed by atoms with E-state index in [1.807, 2.05) is 44.2 Å². The van der Waals surface area contributed by atoms with Gasteiger partial charge in [-0.3, -0.25) is 14.4 Å². The van der Waals surface area contributed by atoms with Crippen molar-refractivity contribution in [3.8, 4) is 0 Å². The predicted octanol–water partition coefficient (Wildman–Crippen LogP) is 3.22. The van der Waals surface area contributed by atoms with E-state index in [-0.39, 0.29) is 35.6 Å². The molecular formula is C24H25N7O3S. The van der Waals surface area contributed by atoms with E-state index in [0.717, 1.165) is 15.8 Å². The molecule has 0 unspecified atom stereocenters. The summed E-state index contributed by atoms with van der Waals surface area (Å²) in [5.74, 6) is -0.835. The normalized spacial score (nSPS) is 11.1. The maximum Gasteiger partial charge on any atom is 0.287 e. The number of carbonyl (C=O) groups is 3. The zero-order valence-electron chi connectivity index (χ0n) is 19.6. The Kier molecular flexibility index (Phi) is 7.25. The molecule has 2 amide bonds. The van der Waals surface area contributed by atoms with Gasteiger partial charge in [-0.25, -0.2) is 4.98 Å². The van der Waals surface area contributed by atoms with Crippen LogP contribution in [-0.4, -0.2) is 48.3 Å². The quantitative estimate of drug-likeness (QED) is 0.367. The van der Waals surface area contributed by atoms with E-state index >= 15 is 0 Å². The Morgan fingerprint density at radius 1 is 1.09 bits per heavy atom. The number of nitrogens with one attached hydrogen (secondary N) is 2. The summed E-state index contributed by atoms with van der Waals surface area (Å²) < 4.78 is 6.76. The fourth-order valence-electron chi connectivity index (χ4n) is 3.76. The number of hydrogen-bond donors (Lipinski definition) is 2. The van der Waals surface area contributed by atoms with Gasteiger partial charge < -0.3 is 15.2 Å². The maximum absolute atomic E-state index is 13.1. The minimum Gasteiger partial charge on any atom is -0.349 e. The minimum atomic E-state index is -0.448. The third kappa shape index (κ3) is 5.40. The second kappa shape index (κ2) is 10.5. The first kappa shape index (κ1) is 24.1. The molecule has 0 aliphatic heterocycles. The van der Waals surface area contributed by atoms with Gasteiger partial charge in [-0.05, 0) is 42.6 Å². The van der Waals surface area contributed by atoms with Crippen molar-refractivity contribution in [2.45, 2.75) is 39.7 Å². The fraction of sp³-hybridized carbons (Fsp3) is 0.292. The Bertz CT molecular complexity index is 1380. The number of benzene rings is 1. The summed E-state index contributed by atoms with van der Waals surface area (Å²) in [6.07, 6.45) is 2.07. The Hall–Kier alpha value is -3.99. The molecule has 3 aromatic heterocycles. The molecule has 0 aliphatic carbocycles. The molecule has 0 atom stereocenters. The van der Waals surface area contributed by atoms with E-state index in [4.69, 9.17) is 0 Å².